The second kappa shape index (κ2) is 16.8. The summed E-state index contributed by atoms with van der Waals surface area (Å²) in [5.41, 5.74) is 10.2. The summed E-state index contributed by atoms with van der Waals surface area (Å²) in [6, 6.07) is 39.6. The number of hydrogen-bond acceptors (Lipinski definition) is 4. The zero-order chi connectivity index (χ0) is 35.4. The minimum Gasteiger partial charge on any atom is 0 e. The standard InChI is InChI=1S/C25H19N2O.C21H28GeN.Ir/c1-16(2)18-13-14-26-23(15-18)21-10-6-9-19-20-11-12-22(17-7-4-3-5-8-17)27-25(20)28-24(19)21;1-22(2,3)20-16-23-21(18-12-8-5-9-13-18)15-19(20)14-17-10-6-4-7-11-17;/h3-9,11-16H,1-2H3;5,8-9,12,15-17H,4,6-7,10-11,14H2,1-3H3;/q2*-1;. The van der Waals surface area contributed by atoms with Crippen LogP contribution < -0.4 is 4.40 Å². The van der Waals surface area contributed by atoms with Crippen LogP contribution in [0.2, 0.25) is 17.3 Å². The van der Waals surface area contributed by atoms with Crippen LogP contribution in [0, 0.1) is 18.1 Å². The topological polar surface area (TPSA) is 51.8 Å². The minimum absolute atomic E-state index is 0. The van der Waals surface area contributed by atoms with Gasteiger partial charge in [0.15, 0.2) is 0 Å². The Balaban J connectivity index is 0.000000179. The summed E-state index contributed by atoms with van der Waals surface area (Å²) in [7, 11) is 0. The molecule has 0 spiro atoms. The second-order valence-corrected chi connectivity index (χ2v) is 25.8. The fourth-order valence-electron chi connectivity index (χ4n) is 7.27. The van der Waals surface area contributed by atoms with Crippen LogP contribution in [-0.4, -0.2) is 28.2 Å². The molecular weight excluding hydrogens is 875 g/mol. The van der Waals surface area contributed by atoms with Crippen molar-refractivity contribution in [1.82, 2.24) is 15.0 Å². The van der Waals surface area contributed by atoms with Gasteiger partial charge in [-0.3, -0.25) is 0 Å². The summed E-state index contributed by atoms with van der Waals surface area (Å²) >= 11 is -1.89. The molecule has 0 bridgehead atoms. The van der Waals surface area contributed by atoms with E-state index in [9.17, 15) is 0 Å². The Labute approximate surface area is 325 Å². The van der Waals surface area contributed by atoms with Crippen LogP contribution in [0.5, 0.6) is 0 Å². The van der Waals surface area contributed by atoms with Gasteiger partial charge in [0.1, 0.15) is 0 Å². The molecule has 1 aliphatic rings. The van der Waals surface area contributed by atoms with Gasteiger partial charge in [-0.05, 0) is 29.8 Å². The van der Waals surface area contributed by atoms with E-state index in [4.69, 9.17) is 14.4 Å². The van der Waals surface area contributed by atoms with E-state index >= 15 is 0 Å². The third kappa shape index (κ3) is 8.65. The van der Waals surface area contributed by atoms with Gasteiger partial charge in [-0.15, -0.1) is 18.2 Å². The maximum absolute atomic E-state index is 6.22. The second-order valence-electron chi connectivity index (χ2n) is 15.2. The predicted octanol–water partition coefficient (Wildman–Crippen LogP) is 11.8. The third-order valence-corrected chi connectivity index (χ3v) is 14.4. The van der Waals surface area contributed by atoms with Crippen LogP contribution in [0.15, 0.2) is 114 Å². The molecule has 3 aromatic carbocycles. The Bertz CT molecular complexity index is 2240. The number of benzene rings is 3. The molecule has 7 aromatic rings. The number of furan rings is 1. The third-order valence-electron chi connectivity index (χ3n) is 10.1. The molecule has 4 nitrogen and oxygen atoms in total. The summed E-state index contributed by atoms with van der Waals surface area (Å²) in [4.78, 5) is 14.1. The van der Waals surface area contributed by atoms with Gasteiger partial charge in [0.2, 0.25) is 5.71 Å². The van der Waals surface area contributed by atoms with E-state index in [0.29, 0.717) is 11.6 Å². The molecule has 0 N–H and O–H groups in total. The largest absolute Gasteiger partial charge is 0 e. The van der Waals surface area contributed by atoms with Crippen molar-refractivity contribution >= 4 is 39.7 Å². The molecule has 1 aliphatic carbocycles. The SMILES string of the molecule is CC(C)c1ccnc(-c2[c-]ccc3c2oc2nc(-c4ccccc4)ccc23)c1.[CH3][Ge]([CH3])([CH3])[c]1cnc(-c2[c-]cccc2)cc1CC1CCCCC1.[Ir]. The van der Waals surface area contributed by atoms with Crippen molar-refractivity contribution < 1.29 is 24.5 Å². The minimum atomic E-state index is -1.89. The van der Waals surface area contributed by atoms with E-state index < -0.39 is 13.3 Å². The number of aromatic nitrogens is 3. The van der Waals surface area contributed by atoms with Crippen molar-refractivity contribution in [2.24, 2.45) is 5.92 Å². The molecular formula is C46H47GeIrN3O-2. The summed E-state index contributed by atoms with van der Waals surface area (Å²) in [5, 5.41) is 2.04. The van der Waals surface area contributed by atoms with E-state index in [1.165, 1.54) is 44.1 Å². The number of nitrogens with zero attached hydrogens (tertiary/aromatic N) is 3. The first-order valence-electron chi connectivity index (χ1n) is 18.5. The maximum Gasteiger partial charge on any atom is 0 e. The van der Waals surface area contributed by atoms with E-state index in [1.807, 2.05) is 54.7 Å². The van der Waals surface area contributed by atoms with Gasteiger partial charge in [0.25, 0.3) is 0 Å². The Hall–Kier alpha value is -3.90. The first kappa shape index (κ1) is 37.8. The Morgan fingerprint density at radius 2 is 1.56 bits per heavy atom. The normalized spacial score (nSPS) is 13.5. The molecule has 1 radical (unpaired) electrons. The van der Waals surface area contributed by atoms with Crippen LogP contribution in [0.3, 0.4) is 0 Å². The van der Waals surface area contributed by atoms with Crippen molar-refractivity contribution in [2.45, 2.75) is 75.6 Å². The van der Waals surface area contributed by atoms with Crippen molar-refractivity contribution in [3.8, 4) is 33.8 Å². The molecule has 267 valence electrons. The zero-order valence-corrected chi connectivity index (χ0v) is 35.4. The van der Waals surface area contributed by atoms with Crippen molar-refractivity contribution in [1.29, 1.82) is 0 Å². The van der Waals surface area contributed by atoms with E-state index in [-0.39, 0.29) is 20.1 Å². The molecule has 0 aliphatic heterocycles. The number of rotatable bonds is 7. The Morgan fingerprint density at radius 3 is 2.29 bits per heavy atom. The molecule has 0 atom stereocenters. The van der Waals surface area contributed by atoms with Crippen LogP contribution in [0.1, 0.15) is 63.0 Å². The smallest absolute Gasteiger partial charge is 0 e. The molecule has 6 heteroatoms. The summed E-state index contributed by atoms with van der Waals surface area (Å²) in [6.07, 6.45) is 12.4. The fraction of sp³-hybridized carbons (Fsp3) is 0.283. The van der Waals surface area contributed by atoms with Crippen LogP contribution in [0.4, 0.5) is 0 Å². The van der Waals surface area contributed by atoms with Gasteiger partial charge in [-0.1, -0.05) is 66.8 Å². The molecule has 52 heavy (non-hydrogen) atoms. The van der Waals surface area contributed by atoms with Gasteiger partial charge in [0.05, 0.1) is 11.3 Å². The van der Waals surface area contributed by atoms with Crippen LogP contribution in [-0.2, 0) is 26.5 Å². The molecule has 1 fully saturated rings. The van der Waals surface area contributed by atoms with E-state index in [1.54, 1.807) is 9.96 Å². The van der Waals surface area contributed by atoms with E-state index in [0.717, 1.165) is 56.0 Å². The summed E-state index contributed by atoms with van der Waals surface area (Å²) < 4.78 is 7.81. The number of hydrogen-bond donors (Lipinski definition) is 0. The molecule has 1 saturated carbocycles. The van der Waals surface area contributed by atoms with Gasteiger partial charge in [-0.25, -0.2) is 4.98 Å². The molecule has 0 unspecified atom stereocenters. The first-order valence-corrected chi connectivity index (χ1v) is 25.8. The van der Waals surface area contributed by atoms with Crippen molar-refractivity contribution in [3.05, 3.63) is 133 Å². The van der Waals surface area contributed by atoms with Crippen molar-refractivity contribution in [2.75, 3.05) is 0 Å². The molecule has 4 heterocycles. The number of fused-ring (bicyclic) bond motifs is 3. The average molecular weight is 923 g/mol. The first-order chi connectivity index (χ1) is 24.7. The molecule has 8 rings (SSSR count). The number of pyridine rings is 3. The van der Waals surface area contributed by atoms with Gasteiger partial charge >= 0.3 is 144 Å². The Morgan fingerprint density at radius 1 is 0.769 bits per heavy atom. The summed E-state index contributed by atoms with van der Waals surface area (Å²) in [6.45, 7) is 4.36. The molecule has 0 amide bonds. The van der Waals surface area contributed by atoms with E-state index in [2.05, 4.69) is 103 Å². The van der Waals surface area contributed by atoms with Crippen LogP contribution >= 0.6 is 0 Å². The van der Waals surface area contributed by atoms with Gasteiger partial charge in [0, 0.05) is 37.3 Å². The van der Waals surface area contributed by atoms with Crippen molar-refractivity contribution in [3.63, 3.8) is 0 Å². The van der Waals surface area contributed by atoms with Gasteiger partial charge < -0.3 is 9.40 Å². The Kier molecular flexibility index (Phi) is 12.3. The molecule has 4 aromatic heterocycles. The predicted molar refractivity (Wildman–Crippen MR) is 215 cm³/mol. The summed E-state index contributed by atoms with van der Waals surface area (Å²) in [5.74, 6) is 8.76. The average Bonchev–Trinajstić information content (AvgIpc) is 3.54. The molecule has 0 saturated heterocycles. The van der Waals surface area contributed by atoms with Crippen LogP contribution in [0.25, 0.3) is 55.8 Å². The fourth-order valence-corrected chi connectivity index (χ4v) is 10.6. The quantitative estimate of drug-likeness (QED) is 0.118. The monoisotopic (exact) mass is 924 g/mol. The maximum atomic E-state index is 6.22. The zero-order valence-electron chi connectivity index (χ0n) is 30.9. The van der Waals surface area contributed by atoms with Gasteiger partial charge in [-0.2, -0.15) is 0 Å².